The molecule has 0 rings (SSSR count). The molecule has 0 amide bonds. The lowest BCUT2D eigenvalue weighted by Gasteiger charge is -2.21. The maximum atomic E-state index is 13.2. The van der Waals surface area contributed by atoms with Crippen molar-refractivity contribution in [2.75, 3.05) is 39.6 Å². The van der Waals surface area contributed by atoms with Gasteiger partial charge in [-0.3, -0.25) is 37.3 Å². The third-order valence-corrected chi connectivity index (χ3v) is 22.7. The molecule has 0 spiro atoms. The summed E-state index contributed by atoms with van der Waals surface area (Å²) in [6.07, 6.45) is 70.9. The summed E-state index contributed by atoms with van der Waals surface area (Å²) in [6.45, 7) is 9.66. The van der Waals surface area contributed by atoms with Crippen LogP contribution in [0, 0.1) is 11.8 Å². The summed E-state index contributed by atoms with van der Waals surface area (Å²) in [5, 5.41) is 10.7. The zero-order valence-electron chi connectivity index (χ0n) is 69.7. The Bertz CT molecular complexity index is 2030. The van der Waals surface area contributed by atoms with E-state index in [9.17, 15) is 43.2 Å². The lowest BCUT2D eigenvalue weighted by atomic mass is 9.99. The summed E-state index contributed by atoms with van der Waals surface area (Å²) >= 11 is 0. The van der Waals surface area contributed by atoms with Gasteiger partial charge in [0.2, 0.25) is 0 Å². The Balaban J connectivity index is 5.23. The summed E-state index contributed by atoms with van der Waals surface area (Å²) in [6, 6.07) is 0. The molecule has 0 fully saturated rings. The van der Waals surface area contributed by atoms with Crippen LogP contribution in [-0.2, 0) is 65.4 Å². The predicted octanol–water partition coefficient (Wildman–Crippen LogP) is 26.6. The molecule has 630 valence electrons. The minimum Gasteiger partial charge on any atom is -0.462 e. The predicted molar refractivity (Wildman–Crippen MR) is 437 cm³/mol. The monoisotopic (exact) mass is 1550 g/mol. The van der Waals surface area contributed by atoms with E-state index in [1.165, 1.54) is 283 Å². The van der Waals surface area contributed by atoms with Gasteiger partial charge in [0.1, 0.15) is 19.3 Å². The minimum atomic E-state index is -4.97. The minimum absolute atomic E-state index is 0.106. The maximum absolute atomic E-state index is 13.2. The highest BCUT2D eigenvalue weighted by atomic mass is 31.2. The molecule has 0 radical (unpaired) electrons. The van der Waals surface area contributed by atoms with Crippen molar-refractivity contribution in [1.29, 1.82) is 0 Å². The largest absolute Gasteiger partial charge is 0.472 e. The number of esters is 4. The quantitative estimate of drug-likeness (QED) is 0.0222. The Hall–Kier alpha value is -1.94. The van der Waals surface area contributed by atoms with Crippen LogP contribution in [0.3, 0.4) is 0 Å². The summed E-state index contributed by atoms with van der Waals surface area (Å²) in [5.74, 6) is -0.574. The van der Waals surface area contributed by atoms with Crippen molar-refractivity contribution in [3.8, 4) is 0 Å². The van der Waals surface area contributed by atoms with Gasteiger partial charge < -0.3 is 33.8 Å². The average Bonchev–Trinajstić information content (AvgIpc) is 0.907. The van der Waals surface area contributed by atoms with E-state index in [1.807, 2.05) is 0 Å². The van der Waals surface area contributed by atoms with E-state index in [-0.39, 0.29) is 25.7 Å². The summed E-state index contributed by atoms with van der Waals surface area (Å²) in [7, 11) is -9.93. The van der Waals surface area contributed by atoms with Crippen molar-refractivity contribution in [3.63, 3.8) is 0 Å². The third-order valence-electron chi connectivity index (χ3n) is 20.8. The van der Waals surface area contributed by atoms with Gasteiger partial charge in [-0.25, -0.2) is 9.13 Å². The fourth-order valence-electron chi connectivity index (χ4n) is 13.6. The van der Waals surface area contributed by atoms with Gasteiger partial charge in [-0.15, -0.1) is 0 Å². The molecule has 0 aliphatic rings. The smallest absolute Gasteiger partial charge is 0.462 e. The third kappa shape index (κ3) is 78.7. The standard InChI is InChI=1S/C87H170O17P2/c1-7-10-12-14-16-18-20-22-24-26-28-30-32-34-36-38-40-45-53-59-65-71-86(91)103-82(75-97-84(89)69-63-57-51-44-39-37-35-33-31-29-27-25-23-21-19-17-15-13-11-8-2)77-101-105(93,94)99-73-81(88)74-100-106(95,96)102-78-83(76-98-85(90)70-64-58-52-48-47-50-56-62-68-80(6)9-3)104-87(92)72-66-60-54-46-42-41-43-49-55-61-67-79(4)5/h79-83,88H,7-78H2,1-6H3,(H,93,94)(H,95,96)/t80?,81-,82-,83-/m1/s1. The number of aliphatic hydroxyl groups is 1. The van der Waals surface area contributed by atoms with Crippen LogP contribution in [0.2, 0.25) is 0 Å². The molecular formula is C87H170O17P2. The van der Waals surface area contributed by atoms with Crippen molar-refractivity contribution >= 4 is 39.5 Å². The molecule has 0 saturated heterocycles. The Kier molecular flexibility index (Phi) is 76.9. The van der Waals surface area contributed by atoms with Crippen molar-refractivity contribution in [2.24, 2.45) is 11.8 Å². The topological polar surface area (TPSA) is 237 Å². The van der Waals surface area contributed by atoms with Crippen LogP contribution in [0.5, 0.6) is 0 Å². The first-order chi connectivity index (χ1) is 51.4. The molecule has 0 aliphatic carbocycles. The van der Waals surface area contributed by atoms with Crippen LogP contribution in [-0.4, -0.2) is 96.7 Å². The lowest BCUT2D eigenvalue weighted by Crippen LogP contribution is -2.30. The Labute approximate surface area is 651 Å². The van der Waals surface area contributed by atoms with Crippen molar-refractivity contribution in [3.05, 3.63) is 0 Å². The second-order valence-electron chi connectivity index (χ2n) is 32.0. The van der Waals surface area contributed by atoms with E-state index in [4.69, 9.17) is 37.0 Å². The van der Waals surface area contributed by atoms with Crippen LogP contribution in [0.15, 0.2) is 0 Å². The van der Waals surface area contributed by atoms with Crippen LogP contribution in [0.25, 0.3) is 0 Å². The number of phosphoric acid groups is 2. The number of hydrogen-bond acceptors (Lipinski definition) is 15. The zero-order valence-corrected chi connectivity index (χ0v) is 71.5. The molecular weight excluding hydrogens is 1380 g/mol. The molecule has 17 nitrogen and oxygen atoms in total. The highest BCUT2D eigenvalue weighted by molar-refractivity contribution is 7.47. The van der Waals surface area contributed by atoms with E-state index >= 15 is 0 Å². The highest BCUT2D eigenvalue weighted by Crippen LogP contribution is 2.45. The zero-order chi connectivity index (χ0) is 77.8. The molecule has 0 heterocycles. The molecule has 0 aromatic heterocycles. The van der Waals surface area contributed by atoms with Gasteiger partial charge in [-0.05, 0) is 37.5 Å². The van der Waals surface area contributed by atoms with Crippen LogP contribution in [0.1, 0.15) is 465 Å². The number of ether oxygens (including phenoxy) is 4. The van der Waals surface area contributed by atoms with Crippen molar-refractivity contribution in [2.45, 2.75) is 484 Å². The van der Waals surface area contributed by atoms with Gasteiger partial charge >= 0.3 is 39.5 Å². The fourth-order valence-corrected chi connectivity index (χ4v) is 15.1. The van der Waals surface area contributed by atoms with Crippen LogP contribution in [0.4, 0.5) is 0 Å². The number of aliphatic hydroxyl groups excluding tert-OH is 1. The fraction of sp³-hybridized carbons (Fsp3) is 0.954. The molecule has 0 aromatic rings. The van der Waals surface area contributed by atoms with Gasteiger partial charge in [-0.1, -0.05) is 414 Å². The normalized spacial score (nSPS) is 14.1. The van der Waals surface area contributed by atoms with Crippen LogP contribution < -0.4 is 0 Å². The van der Waals surface area contributed by atoms with Crippen molar-refractivity contribution in [1.82, 2.24) is 0 Å². The first-order valence-electron chi connectivity index (χ1n) is 45.0. The van der Waals surface area contributed by atoms with Crippen molar-refractivity contribution < 1.29 is 80.2 Å². The number of carbonyl (C=O) groups is 4. The number of unbranched alkanes of at least 4 members (excludes halogenated alkanes) is 55. The van der Waals surface area contributed by atoms with E-state index < -0.39 is 97.5 Å². The van der Waals surface area contributed by atoms with Gasteiger partial charge in [0.15, 0.2) is 12.2 Å². The van der Waals surface area contributed by atoms with Gasteiger partial charge in [0.25, 0.3) is 0 Å². The SMILES string of the molecule is CCCCCCCCCCCCCCCCCCCCCCCC(=O)O[C@H](COC(=O)CCCCCCCCCCCCCCCCCCCCCC)COP(=O)(O)OC[C@@H](O)COP(=O)(O)OC[C@@H](COC(=O)CCCCCCCCCCC(C)CC)OC(=O)CCCCCCCCCCCCC(C)C. The molecule has 0 bridgehead atoms. The van der Waals surface area contributed by atoms with Gasteiger partial charge in [0.05, 0.1) is 26.4 Å². The highest BCUT2D eigenvalue weighted by Gasteiger charge is 2.30. The number of hydrogen-bond donors (Lipinski definition) is 3. The Morgan fingerprint density at radius 3 is 0.717 bits per heavy atom. The summed E-state index contributed by atoms with van der Waals surface area (Å²) < 4.78 is 68.9. The van der Waals surface area contributed by atoms with Gasteiger partial charge in [-0.2, -0.15) is 0 Å². The molecule has 0 saturated carbocycles. The number of rotatable bonds is 86. The molecule has 0 aromatic carbocycles. The summed E-state index contributed by atoms with van der Waals surface area (Å²) in [4.78, 5) is 73.3. The lowest BCUT2D eigenvalue weighted by molar-refractivity contribution is -0.161. The van der Waals surface area contributed by atoms with Gasteiger partial charge in [0, 0.05) is 25.7 Å². The Morgan fingerprint density at radius 2 is 0.481 bits per heavy atom. The number of carbonyl (C=O) groups excluding carboxylic acids is 4. The first-order valence-corrected chi connectivity index (χ1v) is 48.0. The van der Waals surface area contributed by atoms with E-state index in [2.05, 4.69) is 41.5 Å². The van der Waals surface area contributed by atoms with Crippen LogP contribution >= 0.6 is 15.6 Å². The summed E-state index contributed by atoms with van der Waals surface area (Å²) in [5.41, 5.74) is 0. The molecule has 19 heteroatoms. The average molecular weight is 1550 g/mol. The Morgan fingerprint density at radius 1 is 0.274 bits per heavy atom. The second-order valence-corrected chi connectivity index (χ2v) is 34.9. The molecule has 6 atom stereocenters. The van der Waals surface area contributed by atoms with E-state index in [0.29, 0.717) is 25.7 Å². The molecule has 106 heavy (non-hydrogen) atoms. The molecule has 3 unspecified atom stereocenters. The van der Waals surface area contributed by atoms with E-state index in [1.54, 1.807) is 0 Å². The second kappa shape index (κ2) is 78.3. The maximum Gasteiger partial charge on any atom is 0.472 e. The van der Waals surface area contributed by atoms with E-state index in [0.717, 1.165) is 102 Å². The molecule has 3 N–H and O–H groups in total. The first kappa shape index (κ1) is 104. The molecule has 0 aliphatic heterocycles. The number of phosphoric ester groups is 2.